The fraction of sp³-hybridized carbons (Fsp3) is 0.381. The molecular weight excluding hydrogens is 346 g/mol. The molecule has 1 unspecified atom stereocenters. The Bertz CT molecular complexity index is 933. The predicted octanol–water partition coefficient (Wildman–Crippen LogP) is 3.76. The maximum Gasteiger partial charge on any atom is 0.0983 e. The van der Waals surface area contributed by atoms with Crippen LogP contribution in [0.25, 0.3) is 10.9 Å². The molecule has 0 amide bonds. The molecule has 3 aromatic rings. The molecule has 0 spiro atoms. The molecule has 136 valence electrons. The number of rotatable bonds is 3. The van der Waals surface area contributed by atoms with E-state index < -0.39 is 6.10 Å². The minimum atomic E-state index is -0.584. The molecule has 1 aliphatic heterocycles. The first-order valence-electron chi connectivity index (χ1n) is 9.11. The monoisotopic (exact) mass is 369 g/mol. The van der Waals surface area contributed by atoms with Crippen LogP contribution >= 0.6 is 11.6 Å². The number of benzene rings is 1. The second kappa shape index (κ2) is 7.03. The number of pyridine rings is 1. The van der Waals surface area contributed by atoms with E-state index in [2.05, 4.69) is 33.6 Å². The van der Waals surface area contributed by atoms with Gasteiger partial charge in [0.2, 0.25) is 0 Å². The highest BCUT2D eigenvalue weighted by atomic mass is 35.5. The third-order valence-electron chi connectivity index (χ3n) is 5.40. The molecule has 0 aliphatic carbocycles. The van der Waals surface area contributed by atoms with E-state index in [-0.39, 0.29) is 0 Å². The fourth-order valence-electron chi connectivity index (χ4n) is 3.89. The maximum atomic E-state index is 10.8. The molecule has 1 aliphatic rings. The first-order chi connectivity index (χ1) is 12.5. The predicted molar refractivity (Wildman–Crippen MR) is 106 cm³/mol. The Morgan fingerprint density at radius 2 is 2.00 bits per heavy atom. The van der Waals surface area contributed by atoms with Crippen LogP contribution in [0.4, 0.5) is 0 Å². The van der Waals surface area contributed by atoms with Crippen molar-refractivity contribution in [2.75, 3.05) is 20.1 Å². The summed E-state index contributed by atoms with van der Waals surface area (Å²) in [5.41, 5.74) is 5.67. The van der Waals surface area contributed by atoms with Crippen LogP contribution in [-0.2, 0) is 19.4 Å². The molecule has 0 bridgehead atoms. The number of nitrogens with zero attached hydrogens (tertiary/aromatic N) is 3. The minimum absolute atomic E-state index is 0.530. The van der Waals surface area contributed by atoms with Gasteiger partial charge in [-0.3, -0.25) is 4.98 Å². The lowest BCUT2D eigenvalue weighted by Gasteiger charge is -2.17. The smallest absolute Gasteiger partial charge is 0.0983 e. The number of hydrogen-bond donors (Lipinski definition) is 1. The quantitative estimate of drug-likeness (QED) is 0.764. The summed E-state index contributed by atoms with van der Waals surface area (Å²) in [6.07, 6.45) is 3.18. The lowest BCUT2D eigenvalue weighted by Crippen LogP contribution is -2.21. The van der Waals surface area contributed by atoms with Gasteiger partial charge in [0.05, 0.1) is 12.6 Å². The highest BCUT2D eigenvalue weighted by Gasteiger charge is 2.22. The van der Waals surface area contributed by atoms with E-state index in [9.17, 15) is 5.11 Å². The summed E-state index contributed by atoms with van der Waals surface area (Å²) >= 11 is 6.28. The van der Waals surface area contributed by atoms with Crippen molar-refractivity contribution in [3.63, 3.8) is 0 Å². The summed E-state index contributed by atoms with van der Waals surface area (Å²) in [5, 5.41) is 12.8. The first-order valence-corrected chi connectivity index (χ1v) is 9.49. The molecule has 4 nitrogen and oxygen atoms in total. The second-order valence-electron chi connectivity index (χ2n) is 7.25. The number of halogens is 1. The Morgan fingerprint density at radius 3 is 2.77 bits per heavy atom. The van der Waals surface area contributed by atoms with Crippen molar-refractivity contribution < 1.29 is 5.11 Å². The molecule has 0 fully saturated rings. The van der Waals surface area contributed by atoms with Gasteiger partial charge in [-0.25, -0.2) is 0 Å². The van der Waals surface area contributed by atoms with E-state index in [0.717, 1.165) is 47.7 Å². The van der Waals surface area contributed by atoms with Gasteiger partial charge in [-0.05, 0) is 50.2 Å². The summed E-state index contributed by atoms with van der Waals surface area (Å²) < 4.78 is 2.28. The van der Waals surface area contributed by atoms with Gasteiger partial charge in [0.15, 0.2) is 0 Å². The van der Waals surface area contributed by atoms with Crippen molar-refractivity contribution >= 4 is 22.5 Å². The summed E-state index contributed by atoms with van der Waals surface area (Å²) in [6, 6.07) is 9.99. The Hall–Kier alpha value is -1.88. The van der Waals surface area contributed by atoms with Gasteiger partial charge in [0.1, 0.15) is 0 Å². The van der Waals surface area contributed by atoms with Gasteiger partial charge in [0.25, 0.3) is 0 Å². The highest BCUT2D eigenvalue weighted by molar-refractivity contribution is 6.31. The number of aryl methyl sites for hydroxylation is 1. The first kappa shape index (κ1) is 17.5. The molecule has 0 radical (unpaired) electrons. The molecule has 26 heavy (non-hydrogen) atoms. The van der Waals surface area contributed by atoms with E-state index in [0.29, 0.717) is 6.54 Å². The Kier molecular flexibility index (Phi) is 4.74. The van der Waals surface area contributed by atoms with Crippen molar-refractivity contribution in [3.05, 3.63) is 64.1 Å². The van der Waals surface area contributed by atoms with Gasteiger partial charge < -0.3 is 14.6 Å². The zero-order valence-corrected chi connectivity index (χ0v) is 16.0. The lowest BCUT2D eigenvalue weighted by molar-refractivity contribution is 0.156. The van der Waals surface area contributed by atoms with E-state index in [1.165, 1.54) is 16.6 Å². The van der Waals surface area contributed by atoms with Gasteiger partial charge in [-0.2, -0.15) is 0 Å². The molecule has 1 atom stereocenters. The number of fused-ring (bicyclic) bond motifs is 3. The molecule has 3 heterocycles. The zero-order chi connectivity index (χ0) is 18.3. The number of aliphatic hydroxyl groups excluding tert-OH is 1. The van der Waals surface area contributed by atoms with Crippen LogP contribution in [0.1, 0.15) is 28.6 Å². The summed E-state index contributed by atoms with van der Waals surface area (Å²) in [4.78, 5) is 6.68. The van der Waals surface area contributed by atoms with E-state index in [4.69, 9.17) is 11.6 Å². The molecule has 2 aromatic heterocycles. The van der Waals surface area contributed by atoms with Crippen molar-refractivity contribution in [1.82, 2.24) is 14.5 Å². The van der Waals surface area contributed by atoms with Crippen LogP contribution in [0, 0.1) is 6.92 Å². The minimum Gasteiger partial charge on any atom is -0.386 e. The topological polar surface area (TPSA) is 41.3 Å². The standard InChI is InChI=1S/C21H24ClN3O/c1-14-3-4-15(12-23-14)21(26)13-25-19-6-5-16(22)11-18(19)17-7-9-24(2)10-8-20(17)25/h3-6,11-12,21,26H,7-10,13H2,1-2H3. The number of hydrogen-bond acceptors (Lipinski definition) is 3. The van der Waals surface area contributed by atoms with Crippen LogP contribution in [0.15, 0.2) is 36.5 Å². The van der Waals surface area contributed by atoms with Crippen LogP contribution in [0.3, 0.4) is 0 Å². The van der Waals surface area contributed by atoms with E-state index in [1.807, 2.05) is 25.1 Å². The van der Waals surface area contributed by atoms with Crippen molar-refractivity contribution in [1.29, 1.82) is 0 Å². The van der Waals surface area contributed by atoms with Gasteiger partial charge in [-0.1, -0.05) is 17.7 Å². The van der Waals surface area contributed by atoms with Gasteiger partial charge in [-0.15, -0.1) is 0 Å². The number of aromatic nitrogens is 2. The normalized spacial score (nSPS) is 16.5. The Balaban J connectivity index is 1.77. The van der Waals surface area contributed by atoms with E-state index in [1.54, 1.807) is 6.20 Å². The van der Waals surface area contributed by atoms with Crippen LogP contribution < -0.4 is 0 Å². The maximum absolute atomic E-state index is 10.8. The number of aliphatic hydroxyl groups is 1. The van der Waals surface area contributed by atoms with Crippen molar-refractivity contribution in [2.45, 2.75) is 32.4 Å². The molecule has 0 saturated heterocycles. The Morgan fingerprint density at radius 1 is 1.19 bits per heavy atom. The molecule has 5 heteroatoms. The van der Waals surface area contributed by atoms with Crippen molar-refractivity contribution in [3.8, 4) is 0 Å². The zero-order valence-electron chi connectivity index (χ0n) is 15.2. The van der Waals surface area contributed by atoms with Crippen LogP contribution in [-0.4, -0.2) is 39.7 Å². The fourth-order valence-corrected chi connectivity index (χ4v) is 4.06. The highest BCUT2D eigenvalue weighted by Crippen LogP contribution is 2.32. The molecule has 1 aromatic carbocycles. The van der Waals surface area contributed by atoms with Crippen LogP contribution in [0.2, 0.25) is 5.02 Å². The number of likely N-dealkylation sites (N-methyl/N-ethyl adjacent to an activating group) is 1. The summed E-state index contributed by atoms with van der Waals surface area (Å²) in [7, 11) is 2.16. The molecule has 4 rings (SSSR count). The molecular formula is C21H24ClN3O. The second-order valence-corrected chi connectivity index (χ2v) is 7.69. The SMILES string of the molecule is Cc1ccc(C(O)Cn2c3c(c4cc(Cl)ccc42)CCN(C)CC3)cn1. The van der Waals surface area contributed by atoms with E-state index >= 15 is 0 Å². The Labute approximate surface area is 159 Å². The lowest BCUT2D eigenvalue weighted by atomic mass is 10.1. The van der Waals surface area contributed by atoms with Gasteiger partial charge in [0, 0.05) is 58.6 Å². The van der Waals surface area contributed by atoms with Crippen molar-refractivity contribution in [2.24, 2.45) is 0 Å². The van der Waals surface area contributed by atoms with Gasteiger partial charge >= 0.3 is 0 Å². The average Bonchev–Trinajstić information content (AvgIpc) is 2.76. The largest absolute Gasteiger partial charge is 0.386 e. The average molecular weight is 370 g/mol. The summed E-state index contributed by atoms with van der Waals surface area (Å²) in [5.74, 6) is 0. The summed E-state index contributed by atoms with van der Waals surface area (Å²) in [6.45, 7) is 4.56. The third-order valence-corrected chi connectivity index (χ3v) is 5.63. The molecule has 0 saturated carbocycles. The molecule has 1 N–H and O–H groups in total. The third kappa shape index (κ3) is 3.25. The van der Waals surface area contributed by atoms with Crippen LogP contribution in [0.5, 0.6) is 0 Å².